The standard InChI is InChI=1S/C7H14N2/c1-4-7(2)5-9-6-8-3/h4,6H,5H2,1-3H3,(H,8,9)/b7-4+. The third-order valence-corrected chi connectivity index (χ3v) is 1.09. The molecule has 0 heterocycles. The lowest BCUT2D eigenvalue weighted by Gasteiger charge is -1.97. The van der Waals surface area contributed by atoms with Crippen LogP contribution in [0.1, 0.15) is 13.8 Å². The molecule has 0 aliphatic carbocycles. The fourth-order valence-corrected chi connectivity index (χ4v) is 0.400. The minimum atomic E-state index is 0.897. The third kappa shape index (κ3) is 5.07. The maximum atomic E-state index is 3.78. The van der Waals surface area contributed by atoms with Gasteiger partial charge < -0.3 is 5.32 Å². The Kier molecular flexibility index (Phi) is 4.88. The van der Waals surface area contributed by atoms with Crippen molar-refractivity contribution in [2.24, 2.45) is 4.99 Å². The number of hydrogen-bond acceptors (Lipinski definition) is 1. The summed E-state index contributed by atoms with van der Waals surface area (Å²) in [5, 5.41) is 3.03. The van der Waals surface area contributed by atoms with Crippen molar-refractivity contribution in [3.8, 4) is 0 Å². The largest absolute Gasteiger partial charge is 0.373 e. The van der Waals surface area contributed by atoms with E-state index in [1.54, 1.807) is 13.4 Å². The normalized spacial score (nSPS) is 12.6. The van der Waals surface area contributed by atoms with E-state index in [-0.39, 0.29) is 0 Å². The molecule has 0 rings (SSSR count). The van der Waals surface area contributed by atoms with Gasteiger partial charge in [-0.3, -0.25) is 4.99 Å². The average Bonchev–Trinajstić information content (AvgIpc) is 1.89. The highest BCUT2D eigenvalue weighted by atomic mass is 14.9. The van der Waals surface area contributed by atoms with E-state index in [9.17, 15) is 0 Å². The fraction of sp³-hybridized carbons (Fsp3) is 0.571. The Balaban J connectivity index is 3.28. The van der Waals surface area contributed by atoms with Gasteiger partial charge in [-0.25, -0.2) is 0 Å². The molecule has 2 heteroatoms. The molecule has 0 aromatic rings. The van der Waals surface area contributed by atoms with Crippen molar-refractivity contribution in [2.45, 2.75) is 13.8 Å². The van der Waals surface area contributed by atoms with E-state index >= 15 is 0 Å². The Hall–Kier alpha value is -0.790. The van der Waals surface area contributed by atoms with Gasteiger partial charge in [-0.15, -0.1) is 0 Å². The van der Waals surface area contributed by atoms with Gasteiger partial charge in [0.1, 0.15) is 0 Å². The first-order valence-corrected chi connectivity index (χ1v) is 3.07. The van der Waals surface area contributed by atoms with E-state index in [1.165, 1.54) is 5.57 Å². The molecule has 2 nitrogen and oxygen atoms in total. The van der Waals surface area contributed by atoms with Crippen LogP contribution in [0, 0.1) is 0 Å². The van der Waals surface area contributed by atoms with Gasteiger partial charge in [0.15, 0.2) is 0 Å². The van der Waals surface area contributed by atoms with Crippen LogP contribution in [0.2, 0.25) is 0 Å². The summed E-state index contributed by atoms with van der Waals surface area (Å²) in [7, 11) is 1.75. The van der Waals surface area contributed by atoms with Crippen LogP contribution in [0.25, 0.3) is 0 Å². The van der Waals surface area contributed by atoms with Crippen molar-refractivity contribution in [1.29, 1.82) is 0 Å². The summed E-state index contributed by atoms with van der Waals surface area (Å²) in [5.41, 5.74) is 1.33. The number of allylic oxidation sites excluding steroid dienone is 1. The molecule has 0 aromatic carbocycles. The smallest absolute Gasteiger partial charge is 0.0822 e. The van der Waals surface area contributed by atoms with Crippen LogP contribution in [0.3, 0.4) is 0 Å². The predicted molar refractivity (Wildman–Crippen MR) is 41.8 cm³/mol. The van der Waals surface area contributed by atoms with Gasteiger partial charge in [0.25, 0.3) is 0 Å². The highest BCUT2D eigenvalue weighted by molar-refractivity contribution is 5.54. The van der Waals surface area contributed by atoms with E-state index in [0.29, 0.717) is 0 Å². The summed E-state index contributed by atoms with van der Waals surface area (Å²) < 4.78 is 0. The molecule has 0 aliphatic heterocycles. The molecule has 9 heavy (non-hydrogen) atoms. The first-order chi connectivity index (χ1) is 4.31. The molecule has 0 saturated carbocycles. The number of nitrogens with zero attached hydrogens (tertiary/aromatic N) is 1. The van der Waals surface area contributed by atoms with Gasteiger partial charge in [-0.1, -0.05) is 11.6 Å². The summed E-state index contributed by atoms with van der Waals surface area (Å²) in [6, 6.07) is 0. The van der Waals surface area contributed by atoms with E-state index in [2.05, 4.69) is 23.3 Å². The predicted octanol–water partition coefficient (Wildman–Crippen LogP) is 1.20. The zero-order valence-corrected chi connectivity index (χ0v) is 6.31. The quantitative estimate of drug-likeness (QED) is 0.343. The molecule has 0 bridgehead atoms. The van der Waals surface area contributed by atoms with Crippen LogP contribution in [-0.2, 0) is 0 Å². The minimum absolute atomic E-state index is 0.897. The van der Waals surface area contributed by atoms with Gasteiger partial charge in [-0.05, 0) is 13.8 Å². The maximum absolute atomic E-state index is 3.78. The van der Waals surface area contributed by atoms with Crippen molar-refractivity contribution in [1.82, 2.24) is 5.32 Å². The van der Waals surface area contributed by atoms with Crippen LogP contribution < -0.4 is 5.32 Å². The average molecular weight is 126 g/mol. The zero-order valence-electron chi connectivity index (χ0n) is 6.31. The first kappa shape index (κ1) is 8.21. The topological polar surface area (TPSA) is 24.4 Å². The van der Waals surface area contributed by atoms with Gasteiger partial charge in [0.2, 0.25) is 0 Å². The minimum Gasteiger partial charge on any atom is -0.373 e. The Bertz CT molecular complexity index is 114. The van der Waals surface area contributed by atoms with Crippen molar-refractivity contribution >= 4 is 6.34 Å². The van der Waals surface area contributed by atoms with Gasteiger partial charge in [-0.2, -0.15) is 0 Å². The SMILES string of the molecule is C/C=C(\C)CNC=NC. The lowest BCUT2D eigenvalue weighted by molar-refractivity contribution is 0.996. The van der Waals surface area contributed by atoms with Crippen molar-refractivity contribution in [3.63, 3.8) is 0 Å². The Morgan fingerprint density at radius 2 is 2.33 bits per heavy atom. The highest BCUT2D eigenvalue weighted by Gasteiger charge is 1.80. The van der Waals surface area contributed by atoms with Crippen LogP contribution in [0.5, 0.6) is 0 Å². The molecule has 0 saturated heterocycles. The maximum Gasteiger partial charge on any atom is 0.0822 e. The van der Waals surface area contributed by atoms with Crippen molar-refractivity contribution in [2.75, 3.05) is 13.6 Å². The summed E-state index contributed by atoms with van der Waals surface area (Å²) >= 11 is 0. The molecular formula is C7H14N2. The van der Waals surface area contributed by atoms with E-state index in [1.807, 2.05) is 6.92 Å². The van der Waals surface area contributed by atoms with E-state index < -0.39 is 0 Å². The molecule has 1 N–H and O–H groups in total. The number of aliphatic imine (C=N–C) groups is 1. The molecular weight excluding hydrogens is 112 g/mol. The van der Waals surface area contributed by atoms with Gasteiger partial charge in [0, 0.05) is 13.6 Å². The lowest BCUT2D eigenvalue weighted by atomic mass is 10.3. The third-order valence-electron chi connectivity index (χ3n) is 1.09. The van der Waals surface area contributed by atoms with Gasteiger partial charge in [0.05, 0.1) is 6.34 Å². The summed E-state index contributed by atoms with van der Waals surface area (Å²) in [4.78, 5) is 3.78. The molecule has 0 unspecified atom stereocenters. The number of hydrogen-bond donors (Lipinski definition) is 1. The zero-order chi connectivity index (χ0) is 7.11. The molecule has 0 aliphatic rings. The Morgan fingerprint density at radius 1 is 1.67 bits per heavy atom. The molecule has 0 spiro atoms. The Morgan fingerprint density at radius 3 is 2.78 bits per heavy atom. The second kappa shape index (κ2) is 5.35. The van der Waals surface area contributed by atoms with Crippen molar-refractivity contribution < 1.29 is 0 Å². The van der Waals surface area contributed by atoms with E-state index in [0.717, 1.165) is 6.54 Å². The summed E-state index contributed by atoms with van der Waals surface area (Å²) in [5.74, 6) is 0. The molecule has 0 fully saturated rings. The van der Waals surface area contributed by atoms with Crippen LogP contribution >= 0.6 is 0 Å². The second-order valence-electron chi connectivity index (χ2n) is 1.90. The summed E-state index contributed by atoms with van der Waals surface area (Å²) in [6.45, 7) is 5.00. The number of nitrogens with one attached hydrogen (secondary N) is 1. The summed E-state index contributed by atoms with van der Waals surface area (Å²) in [6.07, 6.45) is 3.78. The van der Waals surface area contributed by atoms with Crippen LogP contribution in [0.15, 0.2) is 16.6 Å². The molecule has 0 atom stereocenters. The van der Waals surface area contributed by atoms with Crippen LogP contribution in [0.4, 0.5) is 0 Å². The van der Waals surface area contributed by atoms with Crippen LogP contribution in [-0.4, -0.2) is 19.9 Å². The molecule has 0 radical (unpaired) electrons. The first-order valence-electron chi connectivity index (χ1n) is 3.07. The van der Waals surface area contributed by atoms with Gasteiger partial charge >= 0.3 is 0 Å². The monoisotopic (exact) mass is 126 g/mol. The lowest BCUT2D eigenvalue weighted by Crippen LogP contribution is -2.12. The molecule has 52 valence electrons. The molecule has 0 amide bonds. The highest BCUT2D eigenvalue weighted by Crippen LogP contribution is 1.85. The molecule has 0 aromatic heterocycles. The van der Waals surface area contributed by atoms with Crippen molar-refractivity contribution in [3.05, 3.63) is 11.6 Å². The number of rotatable bonds is 3. The Labute approximate surface area is 56.7 Å². The van der Waals surface area contributed by atoms with E-state index in [4.69, 9.17) is 0 Å². The fourth-order valence-electron chi connectivity index (χ4n) is 0.400. The second-order valence-corrected chi connectivity index (χ2v) is 1.90.